The van der Waals surface area contributed by atoms with Gasteiger partial charge in [-0.05, 0) is 17.7 Å². The SMILES string of the molecule is CN1Cc2cc3c(c(F)c2C1=O)OCC(c1[nH]c(=O)[nH]c1O)=C3. The smallest absolute Gasteiger partial charge is 0.326 e. The Morgan fingerprint density at radius 1 is 1.35 bits per heavy atom. The molecular weight excluding hydrogens is 305 g/mol. The van der Waals surface area contributed by atoms with Crippen molar-refractivity contribution in [1.29, 1.82) is 0 Å². The van der Waals surface area contributed by atoms with Crippen molar-refractivity contribution in [2.75, 3.05) is 13.7 Å². The highest BCUT2D eigenvalue weighted by Gasteiger charge is 2.33. The first kappa shape index (κ1) is 13.6. The van der Waals surface area contributed by atoms with Crippen LogP contribution in [0.1, 0.15) is 27.2 Å². The van der Waals surface area contributed by atoms with Crippen molar-refractivity contribution in [1.82, 2.24) is 14.9 Å². The summed E-state index contributed by atoms with van der Waals surface area (Å²) in [5, 5.41) is 9.70. The number of fused-ring (bicyclic) bond motifs is 2. The molecule has 0 bridgehead atoms. The number of hydrogen-bond acceptors (Lipinski definition) is 4. The first-order valence-corrected chi connectivity index (χ1v) is 6.91. The van der Waals surface area contributed by atoms with E-state index < -0.39 is 11.5 Å². The first-order valence-electron chi connectivity index (χ1n) is 6.91. The largest absolute Gasteiger partial charge is 0.493 e. The molecule has 1 aromatic heterocycles. The highest BCUT2D eigenvalue weighted by Crippen LogP contribution is 2.38. The fourth-order valence-corrected chi connectivity index (χ4v) is 2.96. The predicted octanol–water partition coefficient (Wildman–Crippen LogP) is 1.07. The van der Waals surface area contributed by atoms with Gasteiger partial charge in [0.2, 0.25) is 5.88 Å². The number of ether oxygens (including phenoxy) is 1. The normalized spacial score (nSPS) is 16.0. The number of benzene rings is 1. The van der Waals surface area contributed by atoms with E-state index in [9.17, 15) is 19.1 Å². The van der Waals surface area contributed by atoms with Gasteiger partial charge in [-0.3, -0.25) is 9.78 Å². The van der Waals surface area contributed by atoms with Crippen LogP contribution in [0.5, 0.6) is 11.6 Å². The molecule has 2 aliphatic rings. The van der Waals surface area contributed by atoms with Crippen LogP contribution in [0.15, 0.2) is 10.9 Å². The maximum absolute atomic E-state index is 14.6. The Bertz CT molecular complexity index is 941. The summed E-state index contributed by atoms with van der Waals surface area (Å²) in [4.78, 5) is 29.3. The van der Waals surface area contributed by atoms with E-state index in [1.165, 1.54) is 4.90 Å². The third-order valence-corrected chi connectivity index (χ3v) is 4.03. The molecule has 2 aromatic rings. The fraction of sp³-hybridized carbons (Fsp3) is 0.200. The van der Waals surface area contributed by atoms with Crippen LogP contribution in [0.25, 0.3) is 11.6 Å². The van der Waals surface area contributed by atoms with Gasteiger partial charge in [-0.15, -0.1) is 0 Å². The third kappa shape index (κ3) is 1.88. The van der Waals surface area contributed by atoms with Gasteiger partial charge in [-0.25, -0.2) is 9.18 Å². The monoisotopic (exact) mass is 317 g/mol. The Labute approximate surface area is 129 Å². The number of nitrogens with zero attached hydrogens (tertiary/aromatic N) is 1. The summed E-state index contributed by atoms with van der Waals surface area (Å²) in [6, 6.07) is 1.69. The zero-order valence-electron chi connectivity index (χ0n) is 12.1. The highest BCUT2D eigenvalue weighted by atomic mass is 19.1. The minimum absolute atomic E-state index is 0.00789. The number of halogens is 1. The van der Waals surface area contributed by atoms with Crippen LogP contribution in [0, 0.1) is 5.82 Å². The lowest BCUT2D eigenvalue weighted by Gasteiger charge is -2.19. The van der Waals surface area contributed by atoms with E-state index in [-0.39, 0.29) is 35.4 Å². The van der Waals surface area contributed by atoms with Gasteiger partial charge in [-0.2, -0.15) is 0 Å². The Morgan fingerprint density at radius 2 is 2.13 bits per heavy atom. The van der Waals surface area contributed by atoms with Gasteiger partial charge in [0.1, 0.15) is 12.3 Å². The molecular formula is C15H12FN3O4. The Balaban J connectivity index is 1.87. The standard InChI is InChI=1S/C15H12FN3O4/c1-19-4-7-2-6-3-8(11-13(20)18-15(22)17-11)5-23-12(6)10(16)9(7)14(19)21/h2-3,20H,4-5H2,1H3,(H2,17,18,22). The van der Waals surface area contributed by atoms with Crippen molar-refractivity contribution in [3.63, 3.8) is 0 Å². The van der Waals surface area contributed by atoms with Crippen molar-refractivity contribution in [2.24, 2.45) is 0 Å². The second-order valence-electron chi connectivity index (χ2n) is 5.57. The molecule has 3 N–H and O–H groups in total. The maximum atomic E-state index is 14.6. The molecule has 0 spiro atoms. The minimum atomic E-state index is -0.672. The van der Waals surface area contributed by atoms with Gasteiger partial charge >= 0.3 is 5.69 Å². The van der Waals surface area contributed by atoms with Crippen molar-refractivity contribution in [2.45, 2.75) is 6.54 Å². The van der Waals surface area contributed by atoms with Crippen LogP contribution < -0.4 is 10.4 Å². The van der Waals surface area contributed by atoms with E-state index in [1.54, 1.807) is 19.2 Å². The van der Waals surface area contributed by atoms with Crippen LogP contribution in [0.4, 0.5) is 4.39 Å². The lowest BCUT2D eigenvalue weighted by Crippen LogP contribution is -2.18. The van der Waals surface area contributed by atoms with E-state index in [2.05, 4.69) is 9.97 Å². The number of nitrogens with one attached hydrogen (secondary N) is 2. The molecule has 2 aliphatic heterocycles. The Hall–Kier alpha value is -3.03. The molecule has 0 fully saturated rings. The van der Waals surface area contributed by atoms with Crippen LogP contribution >= 0.6 is 0 Å². The van der Waals surface area contributed by atoms with Crippen LogP contribution in [0.2, 0.25) is 0 Å². The highest BCUT2D eigenvalue weighted by molar-refractivity contribution is 6.00. The molecule has 0 aliphatic carbocycles. The van der Waals surface area contributed by atoms with Crippen LogP contribution in [0.3, 0.4) is 0 Å². The zero-order chi connectivity index (χ0) is 16.3. The number of aromatic hydroxyl groups is 1. The number of carbonyl (C=O) groups excluding carboxylic acids is 1. The number of imidazole rings is 1. The minimum Gasteiger partial charge on any atom is -0.493 e. The molecule has 118 valence electrons. The van der Waals surface area contributed by atoms with Gasteiger partial charge in [-0.1, -0.05) is 0 Å². The predicted molar refractivity (Wildman–Crippen MR) is 78.6 cm³/mol. The number of carbonyl (C=O) groups is 1. The van der Waals surface area contributed by atoms with E-state index in [1.807, 2.05) is 0 Å². The summed E-state index contributed by atoms with van der Waals surface area (Å²) >= 11 is 0. The topological polar surface area (TPSA) is 98.4 Å². The van der Waals surface area contributed by atoms with Gasteiger partial charge in [0.05, 0.1) is 5.56 Å². The summed E-state index contributed by atoms with van der Waals surface area (Å²) in [7, 11) is 1.60. The molecule has 0 unspecified atom stereocenters. The van der Waals surface area contributed by atoms with E-state index >= 15 is 0 Å². The number of aromatic amines is 2. The van der Waals surface area contributed by atoms with E-state index in [0.29, 0.717) is 23.2 Å². The molecule has 0 saturated carbocycles. The number of H-pyrrole nitrogens is 2. The Kier molecular flexibility index (Phi) is 2.65. The van der Waals surface area contributed by atoms with Gasteiger partial charge in [0.15, 0.2) is 11.6 Å². The van der Waals surface area contributed by atoms with E-state index in [4.69, 9.17) is 4.74 Å². The molecule has 0 atom stereocenters. The molecule has 0 saturated heterocycles. The van der Waals surface area contributed by atoms with Crippen molar-refractivity contribution in [3.8, 4) is 11.6 Å². The summed E-state index contributed by atoms with van der Waals surface area (Å²) in [5.74, 6) is -1.33. The maximum Gasteiger partial charge on any atom is 0.326 e. The van der Waals surface area contributed by atoms with Gasteiger partial charge in [0.25, 0.3) is 5.91 Å². The quantitative estimate of drug-likeness (QED) is 0.732. The second kappa shape index (κ2) is 4.48. The molecule has 3 heterocycles. The fourth-order valence-electron chi connectivity index (χ4n) is 2.96. The number of amides is 1. The van der Waals surface area contributed by atoms with Crippen LogP contribution in [-0.2, 0) is 6.54 Å². The second-order valence-corrected chi connectivity index (χ2v) is 5.57. The Morgan fingerprint density at radius 3 is 2.83 bits per heavy atom. The third-order valence-electron chi connectivity index (χ3n) is 4.03. The van der Waals surface area contributed by atoms with Gasteiger partial charge < -0.3 is 19.7 Å². The van der Waals surface area contributed by atoms with Crippen molar-refractivity contribution in [3.05, 3.63) is 44.8 Å². The summed E-state index contributed by atoms with van der Waals surface area (Å²) < 4.78 is 20.0. The van der Waals surface area contributed by atoms with Gasteiger partial charge in [0, 0.05) is 24.7 Å². The molecule has 1 aromatic carbocycles. The molecule has 23 heavy (non-hydrogen) atoms. The van der Waals surface area contributed by atoms with Crippen molar-refractivity contribution < 1.29 is 19.0 Å². The molecule has 7 nitrogen and oxygen atoms in total. The zero-order valence-corrected chi connectivity index (χ0v) is 12.1. The summed E-state index contributed by atoms with van der Waals surface area (Å²) in [6.45, 7) is 0.294. The number of aromatic nitrogens is 2. The lowest BCUT2D eigenvalue weighted by molar-refractivity contribution is 0.0812. The average Bonchev–Trinajstić information content (AvgIpc) is 2.98. The molecule has 0 radical (unpaired) electrons. The first-order chi connectivity index (χ1) is 11.0. The summed E-state index contributed by atoms with van der Waals surface area (Å²) in [6.07, 6.45) is 1.63. The number of hydrogen-bond donors (Lipinski definition) is 3. The number of rotatable bonds is 1. The lowest BCUT2D eigenvalue weighted by atomic mass is 9.99. The van der Waals surface area contributed by atoms with Crippen molar-refractivity contribution >= 4 is 17.6 Å². The molecule has 1 amide bonds. The van der Waals surface area contributed by atoms with Crippen LogP contribution in [-0.4, -0.2) is 39.5 Å². The molecule has 8 heteroatoms. The molecule has 4 rings (SSSR count). The average molecular weight is 317 g/mol. The van der Waals surface area contributed by atoms with E-state index in [0.717, 1.165) is 0 Å². The summed E-state index contributed by atoms with van der Waals surface area (Å²) in [5.41, 5.74) is 1.26.